The molecule has 3 aromatic rings. The first kappa shape index (κ1) is 21.1. The van der Waals surface area contributed by atoms with Gasteiger partial charge in [-0.1, -0.05) is 24.3 Å². The summed E-state index contributed by atoms with van der Waals surface area (Å²) in [5.74, 6) is 0.498. The third kappa shape index (κ3) is 4.18. The summed E-state index contributed by atoms with van der Waals surface area (Å²) in [7, 11) is 1.58. The van der Waals surface area contributed by atoms with Crippen LogP contribution >= 0.6 is 0 Å². The molecule has 0 aliphatic carbocycles. The Morgan fingerprint density at radius 1 is 0.938 bits per heavy atom. The van der Waals surface area contributed by atoms with Gasteiger partial charge in [-0.2, -0.15) is 0 Å². The Balaban J connectivity index is 1.75. The number of anilines is 1. The van der Waals surface area contributed by atoms with Gasteiger partial charge in [-0.25, -0.2) is 0 Å². The lowest BCUT2D eigenvalue weighted by atomic mass is 10.0. The molecule has 1 aliphatic rings. The van der Waals surface area contributed by atoms with Crippen molar-refractivity contribution in [3.8, 4) is 11.5 Å². The van der Waals surface area contributed by atoms with Gasteiger partial charge in [0.15, 0.2) is 0 Å². The highest BCUT2D eigenvalue weighted by Crippen LogP contribution is 2.34. The van der Waals surface area contributed by atoms with Crippen molar-refractivity contribution >= 4 is 23.1 Å². The van der Waals surface area contributed by atoms with Gasteiger partial charge in [-0.15, -0.1) is 0 Å². The standard InChI is InChI=1S/C25H23N3O4/c1-3-32-21-7-5-4-6-20(21)27-23-22(18-8-10-19(31-2)11-9-18)24(29)28(25(23)30)16-17-12-14-26-15-13-17/h4-15,27H,3,16H2,1-2H3. The number of carbonyl (C=O) groups excluding carboxylic acids is 2. The van der Waals surface area contributed by atoms with Gasteiger partial charge in [0, 0.05) is 12.4 Å². The number of ether oxygens (including phenoxy) is 2. The van der Waals surface area contributed by atoms with Crippen LogP contribution in [0.1, 0.15) is 18.1 Å². The number of amides is 2. The van der Waals surface area contributed by atoms with Crippen LogP contribution in [-0.2, 0) is 16.1 Å². The molecule has 0 saturated carbocycles. The second kappa shape index (κ2) is 9.34. The van der Waals surface area contributed by atoms with Crippen LogP contribution in [0.3, 0.4) is 0 Å². The minimum Gasteiger partial charge on any atom is -0.497 e. The van der Waals surface area contributed by atoms with Crippen molar-refractivity contribution in [3.63, 3.8) is 0 Å². The van der Waals surface area contributed by atoms with E-state index in [0.717, 1.165) is 5.56 Å². The highest BCUT2D eigenvalue weighted by Gasteiger charge is 2.39. The maximum absolute atomic E-state index is 13.4. The molecule has 2 heterocycles. The normalized spacial score (nSPS) is 13.5. The third-order valence-electron chi connectivity index (χ3n) is 5.08. The summed E-state index contributed by atoms with van der Waals surface area (Å²) < 4.78 is 10.9. The van der Waals surface area contributed by atoms with Crippen LogP contribution in [0.25, 0.3) is 5.57 Å². The number of benzene rings is 2. The summed E-state index contributed by atoms with van der Waals surface area (Å²) in [6.07, 6.45) is 3.27. The van der Waals surface area contributed by atoms with Crippen molar-refractivity contribution in [2.24, 2.45) is 0 Å². The Morgan fingerprint density at radius 2 is 1.66 bits per heavy atom. The maximum atomic E-state index is 13.4. The molecule has 0 unspecified atom stereocenters. The smallest absolute Gasteiger partial charge is 0.278 e. The second-order valence-corrected chi connectivity index (χ2v) is 7.08. The number of imide groups is 1. The number of methoxy groups -OCH3 is 1. The first-order valence-electron chi connectivity index (χ1n) is 10.2. The molecule has 1 aliphatic heterocycles. The summed E-state index contributed by atoms with van der Waals surface area (Å²) in [6, 6.07) is 17.9. The second-order valence-electron chi connectivity index (χ2n) is 7.08. The molecule has 0 spiro atoms. The van der Waals surface area contributed by atoms with E-state index in [1.54, 1.807) is 55.9 Å². The van der Waals surface area contributed by atoms with Gasteiger partial charge in [-0.05, 0) is 54.4 Å². The Morgan fingerprint density at radius 3 is 2.34 bits per heavy atom. The van der Waals surface area contributed by atoms with Crippen molar-refractivity contribution < 1.29 is 19.1 Å². The average molecular weight is 429 g/mol. The van der Waals surface area contributed by atoms with Crippen LogP contribution in [-0.4, -0.2) is 35.4 Å². The first-order valence-corrected chi connectivity index (χ1v) is 10.2. The number of nitrogens with zero attached hydrogens (tertiary/aromatic N) is 2. The van der Waals surface area contributed by atoms with Crippen molar-refractivity contribution in [2.45, 2.75) is 13.5 Å². The van der Waals surface area contributed by atoms with E-state index in [1.807, 2.05) is 31.2 Å². The summed E-state index contributed by atoms with van der Waals surface area (Å²) >= 11 is 0. The fraction of sp³-hybridized carbons (Fsp3) is 0.160. The molecule has 2 aromatic carbocycles. The lowest BCUT2D eigenvalue weighted by molar-refractivity contribution is -0.137. The summed E-state index contributed by atoms with van der Waals surface area (Å²) in [4.78, 5) is 32.1. The van der Waals surface area contributed by atoms with Crippen LogP contribution in [0.15, 0.2) is 78.8 Å². The average Bonchev–Trinajstić information content (AvgIpc) is 3.05. The fourth-order valence-electron chi connectivity index (χ4n) is 3.52. The summed E-state index contributed by atoms with van der Waals surface area (Å²) in [5.41, 5.74) is 2.56. The molecule has 7 heteroatoms. The number of rotatable bonds is 8. The minimum absolute atomic E-state index is 0.151. The Bertz CT molecular complexity index is 1160. The Hall–Kier alpha value is -4.13. The van der Waals surface area contributed by atoms with E-state index in [2.05, 4.69) is 10.3 Å². The first-order chi connectivity index (χ1) is 15.6. The zero-order valence-corrected chi connectivity index (χ0v) is 17.9. The van der Waals surface area contributed by atoms with Crippen LogP contribution in [0.4, 0.5) is 5.69 Å². The Kier molecular flexibility index (Phi) is 6.17. The maximum Gasteiger partial charge on any atom is 0.278 e. The van der Waals surface area contributed by atoms with Crippen LogP contribution < -0.4 is 14.8 Å². The molecule has 162 valence electrons. The number of hydrogen-bond acceptors (Lipinski definition) is 6. The molecule has 1 aromatic heterocycles. The SMILES string of the molecule is CCOc1ccccc1NC1=C(c2ccc(OC)cc2)C(=O)N(Cc2ccncc2)C1=O. The van der Waals surface area contributed by atoms with Crippen molar-refractivity contribution in [1.29, 1.82) is 0 Å². The largest absolute Gasteiger partial charge is 0.497 e. The highest BCUT2D eigenvalue weighted by molar-refractivity contribution is 6.36. The summed E-state index contributed by atoms with van der Waals surface area (Å²) in [6.45, 7) is 2.52. The number of pyridine rings is 1. The van der Waals surface area contributed by atoms with E-state index in [4.69, 9.17) is 9.47 Å². The minimum atomic E-state index is -0.399. The van der Waals surface area contributed by atoms with Gasteiger partial charge in [0.1, 0.15) is 17.2 Å². The van der Waals surface area contributed by atoms with Crippen molar-refractivity contribution in [3.05, 3.63) is 89.9 Å². The lowest BCUT2D eigenvalue weighted by Gasteiger charge is -2.16. The molecule has 1 N–H and O–H groups in total. The molecule has 0 saturated heterocycles. The monoisotopic (exact) mass is 429 g/mol. The van der Waals surface area contributed by atoms with E-state index < -0.39 is 5.91 Å². The predicted octanol–water partition coefficient (Wildman–Crippen LogP) is 3.88. The zero-order valence-electron chi connectivity index (χ0n) is 17.9. The highest BCUT2D eigenvalue weighted by atomic mass is 16.5. The van der Waals surface area contributed by atoms with E-state index in [-0.39, 0.29) is 18.1 Å². The van der Waals surface area contributed by atoms with E-state index in [0.29, 0.717) is 34.9 Å². The topological polar surface area (TPSA) is 80.8 Å². The molecule has 0 radical (unpaired) electrons. The van der Waals surface area contributed by atoms with Crippen molar-refractivity contribution in [2.75, 3.05) is 19.0 Å². The van der Waals surface area contributed by atoms with Gasteiger partial charge < -0.3 is 14.8 Å². The van der Waals surface area contributed by atoms with Gasteiger partial charge >= 0.3 is 0 Å². The van der Waals surface area contributed by atoms with E-state index in [9.17, 15) is 9.59 Å². The fourth-order valence-corrected chi connectivity index (χ4v) is 3.52. The number of para-hydroxylation sites is 2. The van der Waals surface area contributed by atoms with E-state index >= 15 is 0 Å². The molecule has 2 amide bonds. The van der Waals surface area contributed by atoms with Gasteiger partial charge in [0.2, 0.25) is 0 Å². The molecular formula is C25H23N3O4. The van der Waals surface area contributed by atoms with Gasteiger partial charge in [0.25, 0.3) is 11.8 Å². The number of nitrogens with one attached hydrogen (secondary N) is 1. The zero-order chi connectivity index (χ0) is 22.5. The quantitative estimate of drug-likeness (QED) is 0.548. The number of carbonyl (C=O) groups is 2. The molecule has 0 atom stereocenters. The molecular weight excluding hydrogens is 406 g/mol. The van der Waals surface area contributed by atoms with Crippen LogP contribution in [0.5, 0.6) is 11.5 Å². The van der Waals surface area contributed by atoms with Gasteiger partial charge in [0.05, 0.1) is 31.5 Å². The molecule has 7 nitrogen and oxygen atoms in total. The lowest BCUT2D eigenvalue weighted by Crippen LogP contribution is -2.32. The molecule has 0 fully saturated rings. The number of aromatic nitrogens is 1. The van der Waals surface area contributed by atoms with E-state index in [1.165, 1.54) is 4.90 Å². The summed E-state index contributed by atoms with van der Waals surface area (Å²) in [5, 5.41) is 3.17. The van der Waals surface area contributed by atoms with Crippen molar-refractivity contribution in [1.82, 2.24) is 9.88 Å². The Labute approximate surface area is 186 Å². The van der Waals surface area contributed by atoms with Crippen LogP contribution in [0, 0.1) is 0 Å². The third-order valence-corrected chi connectivity index (χ3v) is 5.08. The molecule has 0 bridgehead atoms. The van der Waals surface area contributed by atoms with Crippen LogP contribution in [0.2, 0.25) is 0 Å². The van der Waals surface area contributed by atoms with Gasteiger partial charge in [-0.3, -0.25) is 19.5 Å². The number of hydrogen-bond donors (Lipinski definition) is 1. The predicted molar refractivity (Wildman–Crippen MR) is 121 cm³/mol. The molecule has 4 rings (SSSR count). The molecule has 32 heavy (non-hydrogen) atoms.